The SMILES string of the molecule is CC1OC(C)C(C(=O)N2CCCC(C(N)=S)C2)C1C. The van der Waals surface area contributed by atoms with Gasteiger partial charge in [0.1, 0.15) is 0 Å². The van der Waals surface area contributed by atoms with Crippen LogP contribution in [0.1, 0.15) is 33.6 Å². The monoisotopic (exact) mass is 284 g/mol. The molecule has 4 nitrogen and oxygen atoms in total. The van der Waals surface area contributed by atoms with Crippen molar-refractivity contribution in [2.75, 3.05) is 13.1 Å². The van der Waals surface area contributed by atoms with Crippen molar-refractivity contribution in [3.63, 3.8) is 0 Å². The maximum atomic E-state index is 12.7. The van der Waals surface area contributed by atoms with Crippen LogP contribution in [0.4, 0.5) is 0 Å². The van der Waals surface area contributed by atoms with Gasteiger partial charge in [-0.2, -0.15) is 0 Å². The Morgan fingerprint density at radius 3 is 2.53 bits per heavy atom. The molecule has 108 valence electrons. The summed E-state index contributed by atoms with van der Waals surface area (Å²) in [5.74, 6) is 0.635. The first kappa shape index (κ1) is 14.7. The molecule has 0 aliphatic carbocycles. The Balaban J connectivity index is 2.05. The molecule has 2 aliphatic heterocycles. The summed E-state index contributed by atoms with van der Waals surface area (Å²) in [4.78, 5) is 15.2. The molecule has 5 heteroatoms. The van der Waals surface area contributed by atoms with Crippen LogP contribution in [0.5, 0.6) is 0 Å². The number of piperidine rings is 1. The molecule has 0 aromatic carbocycles. The van der Waals surface area contributed by atoms with E-state index in [1.54, 1.807) is 0 Å². The Hall–Kier alpha value is -0.680. The highest BCUT2D eigenvalue weighted by molar-refractivity contribution is 7.80. The first-order valence-corrected chi connectivity index (χ1v) is 7.56. The van der Waals surface area contributed by atoms with E-state index in [0.717, 1.165) is 19.4 Å². The van der Waals surface area contributed by atoms with Crippen LogP contribution in [-0.2, 0) is 9.53 Å². The smallest absolute Gasteiger partial charge is 0.228 e. The Kier molecular flexibility index (Phi) is 4.46. The van der Waals surface area contributed by atoms with Gasteiger partial charge in [0.15, 0.2) is 0 Å². The fraction of sp³-hybridized carbons (Fsp3) is 0.857. The largest absolute Gasteiger partial charge is 0.393 e. The van der Waals surface area contributed by atoms with Crippen LogP contribution in [0.2, 0.25) is 0 Å². The predicted molar refractivity (Wildman–Crippen MR) is 78.8 cm³/mol. The zero-order chi connectivity index (χ0) is 14.2. The minimum absolute atomic E-state index is 0.00250. The lowest BCUT2D eigenvalue weighted by Gasteiger charge is -2.35. The molecule has 0 bridgehead atoms. The molecule has 0 spiro atoms. The van der Waals surface area contributed by atoms with Gasteiger partial charge in [-0.25, -0.2) is 0 Å². The van der Waals surface area contributed by atoms with E-state index in [9.17, 15) is 4.79 Å². The van der Waals surface area contributed by atoms with Crippen LogP contribution in [0.3, 0.4) is 0 Å². The quantitative estimate of drug-likeness (QED) is 0.782. The molecule has 2 heterocycles. The van der Waals surface area contributed by atoms with Gasteiger partial charge in [0.25, 0.3) is 0 Å². The predicted octanol–water partition coefficient (Wildman–Crippen LogP) is 1.57. The van der Waals surface area contributed by atoms with E-state index in [4.69, 9.17) is 22.7 Å². The molecule has 2 rings (SSSR count). The van der Waals surface area contributed by atoms with E-state index in [0.29, 0.717) is 11.5 Å². The van der Waals surface area contributed by atoms with Crippen LogP contribution in [0.25, 0.3) is 0 Å². The number of hydrogen-bond donors (Lipinski definition) is 1. The third kappa shape index (κ3) is 2.92. The third-order valence-electron chi connectivity index (χ3n) is 4.66. The lowest BCUT2D eigenvalue weighted by Crippen LogP contribution is -2.48. The van der Waals surface area contributed by atoms with Crippen molar-refractivity contribution in [3.05, 3.63) is 0 Å². The van der Waals surface area contributed by atoms with Gasteiger partial charge in [0.2, 0.25) is 5.91 Å². The number of nitrogens with zero attached hydrogens (tertiary/aromatic N) is 1. The molecule has 0 radical (unpaired) electrons. The molecule has 19 heavy (non-hydrogen) atoms. The van der Waals surface area contributed by atoms with Gasteiger partial charge in [-0.05, 0) is 32.6 Å². The molecule has 2 fully saturated rings. The van der Waals surface area contributed by atoms with Crippen molar-refractivity contribution >= 4 is 23.1 Å². The number of ether oxygens (including phenoxy) is 1. The van der Waals surface area contributed by atoms with E-state index < -0.39 is 0 Å². The Labute approximate surface area is 120 Å². The van der Waals surface area contributed by atoms with E-state index in [2.05, 4.69) is 6.92 Å². The maximum absolute atomic E-state index is 12.7. The summed E-state index contributed by atoms with van der Waals surface area (Å²) in [6, 6.07) is 0. The Bertz CT molecular complexity index is 374. The topological polar surface area (TPSA) is 55.6 Å². The van der Waals surface area contributed by atoms with Crippen molar-refractivity contribution < 1.29 is 9.53 Å². The number of nitrogens with two attached hydrogens (primary N) is 1. The van der Waals surface area contributed by atoms with Crippen molar-refractivity contribution in [2.24, 2.45) is 23.5 Å². The van der Waals surface area contributed by atoms with Crippen LogP contribution in [-0.4, -0.2) is 41.1 Å². The second-order valence-electron chi connectivity index (χ2n) is 5.96. The molecular weight excluding hydrogens is 260 g/mol. The molecular formula is C14H24N2O2S. The van der Waals surface area contributed by atoms with Gasteiger partial charge < -0.3 is 15.4 Å². The average molecular weight is 284 g/mol. The zero-order valence-electron chi connectivity index (χ0n) is 12.0. The molecule has 1 amide bonds. The van der Waals surface area contributed by atoms with Gasteiger partial charge in [-0.1, -0.05) is 19.1 Å². The minimum atomic E-state index is -0.0277. The Morgan fingerprint density at radius 1 is 1.32 bits per heavy atom. The van der Waals surface area contributed by atoms with Crippen LogP contribution in [0, 0.1) is 17.8 Å². The van der Waals surface area contributed by atoms with E-state index >= 15 is 0 Å². The number of hydrogen-bond acceptors (Lipinski definition) is 3. The van der Waals surface area contributed by atoms with Crippen molar-refractivity contribution in [1.82, 2.24) is 4.90 Å². The summed E-state index contributed by atoms with van der Waals surface area (Å²) in [5, 5.41) is 0. The molecule has 0 aromatic rings. The standard InChI is InChI=1S/C14H24N2O2S/c1-8-9(2)18-10(3)12(8)14(17)16-6-4-5-11(7-16)13(15)19/h8-12H,4-7H2,1-3H3,(H2,15,19). The molecule has 0 saturated carbocycles. The second kappa shape index (κ2) is 5.75. The van der Waals surface area contributed by atoms with Gasteiger partial charge in [0.05, 0.1) is 23.1 Å². The van der Waals surface area contributed by atoms with E-state index in [-0.39, 0.29) is 35.9 Å². The van der Waals surface area contributed by atoms with E-state index in [1.807, 2.05) is 18.7 Å². The van der Waals surface area contributed by atoms with Crippen molar-refractivity contribution in [3.8, 4) is 0 Å². The number of amides is 1. The number of carbonyl (C=O) groups excluding carboxylic acids is 1. The summed E-state index contributed by atoms with van der Waals surface area (Å²) in [7, 11) is 0. The first-order chi connectivity index (χ1) is 8.91. The zero-order valence-corrected chi connectivity index (χ0v) is 12.8. The van der Waals surface area contributed by atoms with Crippen LogP contribution >= 0.6 is 12.2 Å². The number of thiocarbonyl (C=S) groups is 1. The molecule has 5 atom stereocenters. The van der Waals surface area contributed by atoms with Gasteiger partial charge in [-0.3, -0.25) is 4.79 Å². The highest BCUT2D eigenvalue weighted by Crippen LogP contribution is 2.34. The fourth-order valence-corrected chi connectivity index (χ4v) is 3.51. The Morgan fingerprint density at radius 2 is 2.00 bits per heavy atom. The fourth-order valence-electron chi connectivity index (χ4n) is 3.31. The van der Waals surface area contributed by atoms with Crippen molar-refractivity contribution in [1.29, 1.82) is 0 Å². The molecule has 5 unspecified atom stereocenters. The normalized spacial score (nSPS) is 39.3. The maximum Gasteiger partial charge on any atom is 0.228 e. The highest BCUT2D eigenvalue weighted by atomic mass is 32.1. The van der Waals surface area contributed by atoms with Gasteiger partial charge in [-0.15, -0.1) is 0 Å². The minimum Gasteiger partial charge on any atom is -0.393 e. The van der Waals surface area contributed by atoms with E-state index in [1.165, 1.54) is 0 Å². The third-order valence-corrected chi connectivity index (χ3v) is 5.00. The van der Waals surface area contributed by atoms with Crippen molar-refractivity contribution in [2.45, 2.75) is 45.8 Å². The first-order valence-electron chi connectivity index (χ1n) is 7.15. The summed E-state index contributed by atoms with van der Waals surface area (Å²) in [5.41, 5.74) is 5.73. The molecule has 2 N–H and O–H groups in total. The number of carbonyl (C=O) groups is 1. The highest BCUT2D eigenvalue weighted by Gasteiger charge is 2.43. The lowest BCUT2D eigenvalue weighted by atomic mass is 9.87. The number of likely N-dealkylation sites (tertiary alicyclic amines) is 1. The second-order valence-corrected chi connectivity index (χ2v) is 6.43. The molecule has 0 aromatic heterocycles. The lowest BCUT2D eigenvalue weighted by molar-refractivity contribution is -0.139. The number of rotatable bonds is 2. The average Bonchev–Trinajstić information content (AvgIpc) is 2.62. The van der Waals surface area contributed by atoms with Gasteiger partial charge in [0, 0.05) is 19.0 Å². The van der Waals surface area contributed by atoms with Crippen LogP contribution in [0.15, 0.2) is 0 Å². The summed E-state index contributed by atoms with van der Waals surface area (Å²) in [6.45, 7) is 7.65. The summed E-state index contributed by atoms with van der Waals surface area (Å²) >= 11 is 5.07. The van der Waals surface area contributed by atoms with Crippen LogP contribution < -0.4 is 5.73 Å². The molecule has 2 saturated heterocycles. The van der Waals surface area contributed by atoms with Gasteiger partial charge >= 0.3 is 0 Å². The summed E-state index contributed by atoms with van der Waals surface area (Å²) < 4.78 is 5.77. The summed E-state index contributed by atoms with van der Waals surface area (Å²) in [6.07, 6.45) is 2.14. The molecule has 2 aliphatic rings.